The van der Waals surface area contributed by atoms with E-state index in [1.54, 1.807) is 0 Å². The van der Waals surface area contributed by atoms with Gasteiger partial charge in [-0.25, -0.2) is 0 Å². The third-order valence-electron chi connectivity index (χ3n) is 8.29. The Morgan fingerprint density at radius 2 is 2.00 bits per heavy atom. The second-order valence-electron chi connectivity index (χ2n) is 9.00. The molecule has 1 N–H and O–H groups in total. The average Bonchev–Trinajstić information content (AvgIpc) is 2.83. The van der Waals surface area contributed by atoms with Gasteiger partial charge >= 0.3 is 0 Å². The molecule has 3 heteroatoms. The first-order chi connectivity index (χ1) is 10.9. The number of hydrogen-bond acceptors (Lipinski definition) is 3. The van der Waals surface area contributed by atoms with Gasteiger partial charge in [-0.1, -0.05) is 19.9 Å². The summed E-state index contributed by atoms with van der Waals surface area (Å²) in [7, 11) is 1.84. The summed E-state index contributed by atoms with van der Waals surface area (Å²) < 4.78 is 5.96. The molecule has 0 aromatic rings. The lowest BCUT2D eigenvalue weighted by atomic mass is 9.45. The highest BCUT2D eigenvalue weighted by atomic mass is 16.5. The first-order valence-electron chi connectivity index (χ1n) is 9.33. The van der Waals surface area contributed by atoms with Crippen LogP contribution in [0.4, 0.5) is 0 Å². The molecule has 23 heavy (non-hydrogen) atoms. The summed E-state index contributed by atoms with van der Waals surface area (Å²) in [6.07, 6.45) is 10.2. The van der Waals surface area contributed by atoms with E-state index in [-0.39, 0.29) is 28.8 Å². The maximum absolute atomic E-state index is 11.9. The number of hydrogen-bond donors (Lipinski definition) is 1. The number of rotatable bonds is 1. The van der Waals surface area contributed by atoms with Gasteiger partial charge in [-0.3, -0.25) is 4.79 Å². The van der Waals surface area contributed by atoms with Gasteiger partial charge in [-0.2, -0.15) is 0 Å². The molecule has 0 aromatic carbocycles. The number of methoxy groups -OCH3 is 1. The second kappa shape index (κ2) is 5.16. The van der Waals surface area contributed by atoms with E-state index in [4.69, 9.17) is 4.74 Å². The molecule has 1 unspecified atom stereocenters. The van der Waals surface area contributed by atoms with Crippen molar-refractivity contribution in [2.24, 2.45) is 34.5 Å². The smallest absolute Gasteiger partial charge is 0.155 e. The molecule has 4 rings (SSSR count). The fraction of sp³-hybridized carbons (Fsp3) is 0.850. The van der Waals surface area contributed by atoms with Gasteiger partial charge in [-0.05, 0) is 72.7 Å². The van der Waals surface area contributed by atoms with E-state index >= 15 is 0 Å². The molecular formula is C20H30O3. The molecule has 3 fully saturated rings. The Balaban J connectivity index is 1.74. The molecule has 0 amide bonds. The largest absolute Gasteiger partial charge is 0.393 e. The van der Waals surface area contributed by atoms with Crippen molar-refractivity contribution in [3.63, 3.8) is 0 Å². The minimum atomic E-state index is -0.153. The van der Waals surface area contributed by atoms with Crippen LogP contribution in [0.25, 0.3) is 0 Å². The number of aliphatic hydroxyl groups excluding tert-OH is 1. The fourth-order valence-electron chi connectivity index (χ4n) is 6.81. The first kappa shape index (κ1) is 15.8. The maximum atomic E-state index is 11.9. The highest BCUT2D eigenvalue weighted by Gasteiger charge is 2.62. The fourth-order valence-corrected chi connectivity index (χ4v) is 6.81. The van der Waals surface area contributed by atoms with Crippen molar-refractivity contribution in [2.75, 3.05) is 7.11 Å². The summed E-state index contributed by atoms with van der Waals surface area (Å²) in [4.78, 5) is 11.9. The number of fused-ring (bicyclic) bond motifs is 5. The first-order valence-corrected chi connectivity index (χ1v) is 9.33. The lowest BCUT2D eigenvalue weighted by Crippen LogP contribution is -2.58. The zero-order valence-corrected chi connectivity index (χ0v) is 14.6. The van der Waals surface area contributed by atoms with E-state index in [2.05, 4.69) is 19.9 Å². The average molecular weight is 318 g/mol. The minimum Gasteiger partial charge on any atom is -0.393 e. The normalized spacial score (nSPS) is 55.2. The summed E-state index contributed by atoms with van der Waals surface area (Å²) in [5.41, 5.74) is 0.192. The second-order valence-corrected chi connectivity index (χ2v) is 9.00. The van der Waals surface area contributed by atoms with Crippen molar-refractivity contribution in [3.05, 3.63) is 12.2 Å². The highest BCUT2D eigenvalue weighted by Crippen LogP contribution is 2.65. The molecule has 0 heterocycles. The number of carbonyl (C=O) groups is 1. The molecule has 3 nitrogen and oxygen atoms in total. The molecule has 0 saturated heterocycles. The summed E-state index contributed by atoms with van der Waals surface area (Å²) in [6.45, 7) is 4.67. The Bertz CT molecular complexity index is 541. The van der Waals surface area contributed by atoms with Crippen molar-refractivity contribution in [1.29, 1.82) is 0 Å². The summed E-state index contributed by atoms with van der Waals surface area (Å²) in [5.74, 6) is 2.36. The Morgan fingerprint density at radius 3 is 2.74 bits per heavy atom. The number of ketones is 1. The van der Waals surface area contributed by atoms with E-state index in [0.29, 0.717) is 30.1 Å². The molecule has 3 saturated carbocycles. The summed E-state index contributed by atoms with van der Waals surface area (Å²) in [6, 6.07) is 0. The van der Waals surface area contributed by atoms with Gasteiger partial charge in [0, 0.05) is 13.5 Å². The number of aliphatic hydroxyl groups is 1. The molecule has 4 aliphatic rings. The van der Waals surface area contributed by atoms with Gasteiger partial charge in [0.2, 0.25) is 0 Å². The van der Waals surface area contributed by atoms with Crippen LogP contribution in [0.2, 0.25) is 0 Å². The van der Waals surface area contributed by atoms with Crippen LogP contribution in [-0.4, -0.2) is 30.2 Å². The Morgan fingerprint density at radius 1 is 1.22 bits per heavy atom. The lowest BCUT2D eigenvalue weighted by molar-refractivity contribution is -0.158. The number of ether oxygens (including phenoxy) is 1. The van der Waals surface area contributed by atoms with E-state index in [1.165, 1.54) is 0 Å². The van der Waals surface area contributed by atoms with Crippen LogP contribution >= 0.6 is 0 Å². The van der Waals surface area contributed by atoms with Crippen molar-refractivity contribution < 1.29 is 14.6 Å². The van der Waals surface area contributed by atoms with E-state index < -0.39 is 0 Å². The van der Waals surface area contributed by atoms with Crippen LogP contribution in [0.3, 0.4) is 0 Å². The molecule has 0 aliphatic heterocycles. The molecule has 128 valence electrons. The van der Waals surface area contributed by atoms with Crippen LogP contribution in [0.15, 0.2) is 12.2 Å². The number of allylic oxidation sites excluding steroid dienone is 2. The van der Waals surface area contributed by atoms with Gasteiger partial charge in [0.15, 0.2) is 5.78 Å². The van der Waals surface area contributed by atoms with Crippen LogP contribution in [-0.2, 0) is 9.53 Å². The van der Waals surface area contributed by atoms with Gasteiger partial charge < -0.3 is 9.84 Å². The molecular weight excluding hydrogens is 288 g/mol. The maximum Gasteiger partial charge on any atom is 0.155 e. The SMILES string of the molecule is CO[C@H]1CC2CC(=O)C=C[C@]2(C)[C@H]2CC[C@]3(C)[C@@H](O)CC[C@H]3[C@H]12. The van der Waals surface area contributed by atoms with E-state index in [1.807, 2.05) is 13.2 Å². The summed E-state index contributed by atoms with van der Waals surface area (Å²) in [5, 5.41) is 10.6. The van der Waals surface area contributed by atoms with Crippen molar-refractivity contribution in [1.82, 2.24) is 0 Å². The van der Waals surface area contributed by atoms with Gasteiger partial charge in [0.1, 0.15) is 0 Å². The third-order valence-corrected chi connectivity index (χ3v) is 8.29. The predicted molar refractivity (Wildman–Crippen MR) is 88.8 cm³/mol. The van der Waals surface area contributed by atoms with Crippen molar-refractivity contribution in [2.45, 2.75) is 64.6 Å². The Hall–Kier alpha value is -0.670. The summed E-state index contributed by atoms with van der Waals surface area (Å²) >= 11 is 0. The van der Waals surface area contributed by atoms with Crippen LogP contribution < -0.4 is 0 Å². The van der Waals surface area contributed by atoms with Gasteiger partial charge in [0.05, 0.1) is 12.2 Å². The standard InChI is InChI=1S/C20H30O3/c1-19-8-6-13(21)10-12(19)11-16(23-3)18-14-4-5-17(22)20(14,2)9-7-15(18)19/h6,8,12,14-18,22H,4-5,7,9-11H2,1-3H3/t12?,14-,15-,16-,17-,18-,19-,20-/m0/s1. The molecule has 0 spiro atoms. The molecule has 0 aromatic heterocycles. The molecule has 0 radical (unpaired) electrons. The van der Waals surface area contributed by atoms with Crippen molar-refractivity contribution >= 4 is 5.78 Å². The van der Waals surface area contributed by atoms with Crippen LogP contribution in [0.1, 0.15) is 52.4 Å². The monoisotopic (exact) mass is 318 g/mol. The number of carbonyl (C=O) groups excluding carboxylic acids is 1. The quantitative estimate of drug-likeness (QED) is 0.806. The van der Waals surface area contributed by atoms with Crippen LogP contribution in [0, 0.1) is 34.5 Å². The van der Waals surface area contributed by atoms with E-state index in [9.17, 15) is 9.90 Å². The molecule has 0 bridgehead atoms. The van der Waals surface area contributed by atoms with Gasteiger partial charge in [0.25, 0.3) is 0 Å². The topological polar surface area (TPSA) is 46.5 Å². The van der Waals surface area contributed by atoms with E-state index in [0.717, 1.165) is 32.1 Å². The lowest BCUT2D eigenvalue weighted by Gasteiger charge is -2.60. The van der Waals surface area contributed by atoms with Crippen LogP contribution in [0.5, 0.6) is 0 Å². The van der Waals surface area contributed by atoms with Crippen molar-refractivity contribution in [3.8, 4) is 0 Å². The third kappa shape index (κ3) is 2.05. The zero-order chi connectivity index (χ0) is 16.4. The Labute approximate surface area is 139 Å². The molecule has 4 aliphatic carbocycles. The highest BCUT2D eigenvalue weighted by molar-refractivity contribution is 5.91. The predicted octanol–water partition coefficient (Wildman–Crippen LogP) is 3.36. The molecule has 8 atom stereocenters. The Kier molecular flexibility index (Phi) is 3.55. The minimum absolute atomic E-state index is 0.0648. The van der Waals surface area contributed by atoms with Gasteiger partial charge in [-0.15, -0.1) is 0 Å². The zero-order valence-electron chi connectivity index (χ0n) is 14.6.